The first kappa shape index (κ1) is 16.6. The summed E-state index contributed by atoms with van der Waals surface area (Å²) in [5.74, 6) is -1.78. The Bertz CT molecular complexity index is 726. The van der Waals surface area contributed by atoms with E-state index in [0.717, 1.165) is 11.3 Å². The van der Waals surface area contributed by atoms with Gasteiger partial charge in [-0.1, -0.05) is 17.3 Å². The fourth-order valence-corrected chi connectivity index (χ4v) is 2.11. The van der Waals surface area contributed by atoms with Crippen molar-refractivity contribution in [1.29, 1.82) is 0 Å². The number of methoxy groups -OCH3 is 1. The van der Waals surface area contributed by atoms with Gasteiger partial charge < -0.3 is 15.2 Å². The van der Waals surface area contributed by atoms with Crippen molar-refractivity contribution in [1.82, 2.24) is 20.3 Å². The van der Waals surface area contributed by atoms with Crippen LogP contribution in [0.1, 0.15) is 21.7 Å². The van der Waals surface area contributed by atoms with Gasteiger partial charge in [0.15, 0.2) is 11.7 Å². The lowest BCUT2D eigenvalue weighted by atomic mass is 10.2. The Morgan fingerprint density at radius 1 is 1.39 bits per heavy atom. The minimum absolute atomic E-state index is 0.0776. The predicted octanol–water partition coefficient (Wildman–Crippen LogP) is 0.714. The van der Waals surface area contributed by atoms with Crippen LogP contribution >= 0.6 is 0 Å². The summed E-state index contributed by atoms with van der Waals surface area (Å²) in [6.45, 7) is 3.51. The molecule has 2 N–H and O–H groups in total. The normalized spacial score (nSPS) is 12.0. The van der Waals surface area contributed by atoms with E-state index in [2.05, 4.69) is 15.6 Å². The summed E-state index contributed by atoms with van der Waals surface area (Å²) in [6.07, 6.45) is 0. The summed E-state index contributed by atoms with van der Waals surface area (Å²) in [5, 5.41) is 19.3. The minimum Gasteiger partial charge on any atom is -0.480 e. The third kappa shape index (κ3) is 3.72. The van der Waals surface area contributed by atoms with Gasteiger partial charge in [-0.2, -0.15) is 0 Å². The monoisotopic (exact) mass is 318 g/mol. The molecule has 1 aromatic heterocycles. The number of hydrogen-bond donors (Lipinski definition) is 2. The summed E-state index contributed by atoms with van der Waals surface area (Å²) in [4.78, 5) is 23.3. The van der Waals surface area contributed by atoms with Crippen molar-refractivity contribution in [2.45, 2.75) is 19.9 Å². The van der Waals surface area contributed by atoms with Gasteiger partial charge in [0, 0.05) is 7.11 Å². The Morgan fingerprint density at radius 3 is 2.74 bits per heavy atom. The number of nitrogens with zero attached hydrogens (tertiary/aromatic N) is 3. The highest BCUT2D eigenvalue weighted by Crippen LogP contribution is 2.13. The number of carboxylic acids is 1. The van der Waals surface area contributed by atoms with Crippen LogP contribution in [-0.2, 0) is 9.53 Å². The molecule has 0 saturated carbocycles. The molecular formula is C15H18N4O4. The van der Waals surface area contributed by atoms with Gasteiger partial charge in [-0.25, -0.2) is 9.48 Å². The summed E-state index contributed by atoms with van der Waals surface area (Å²) in [7, 11) is 1.36. The number of nitrogens with one attached hydrogen (secondary N) is 1. The first-order chi connectivity index (χ1) is 10.9. The number of ether oxygens (including phenoxy) is 1. The molecule has 1 atom stereocenters. The largest absolute Gasteiger partial charge is 0.480 e. The number of aliphatic carboxylic acids is 1. The van der Waals surface area contributed by atoms with Crippen LogP contribution in [0.5, 0.6) is 0 Å². The number of hydrogen-bond acceptors (Lipinski definition) is 5. The second kappa shape index (κ2) is 7.01. The van der Waals surface area contributed by atoms with Crippen molar-refractivity contribution in [2.75, 3.05) is 13.7 Å². The van der Waals surface area contributed by atoms with Crippen molar-refractivity contribution in [2.24, 2.45) is 0 Å². The Hall–Kier alpha value is -2.74. The van der Waals surface area contributed by atoms with E-state index in [1.165, 1.54) is 11.8 Å². The SMILES string of the molecule is COCC(NC(=O)c1nnn(-c2cccc(C)c2)c1C)C(=O)O. The number of carboxylic acid groups (broad SMARTS) is 1. The zero-order valence-corrected chi connectivity index (χ0v) is 13.1. The van der Waals surface area contributed by atoms with Gasteiger partial charge in [0.25, 0.3) is 5.91 Å². The summed E-state index contributed by atoms with van der Waals surface area (Å²) in [5.41, 5.74) is 2.43. The molecule has 8 heteroatoms. The van der Waals surface area contributed by atoms with Crippen molar-refractivity contribution in [3.05, 3.63) is 41.2 Å². The van der Waals surface area contributed by atoms with E-state index in [9.17, 15) is 9.59 Å². The lowest BCUT2D eigenvalue weighted by Crippen LogP contribution is -2.44. The molecular weight excluding hydrogens is 300 g/mol. The molecule has 1 amide bonds. The average molecular weight is 318 g/mol. The maximum absolute atomic E-state index is 12.2. The maximum atomic E-state index is 12.2. The highest BCUT2D eigenvalue weighted by atomic mass is 16.5. The maximum Gasteiger partial charge on any atom is 0.328 e. The lowest BCUT2D eigenvalue weighted by Gasteiger charge is -2.12. The molecule has 1 heterocycles. The molecule has 2 aromatic rings. The van der Waals surface area contributed by atoms with Crippen LogP contribution in [0.2, 0.25) is 0 Å². The summed E-state index contributed by atoms with van der Waals surface area (Å²) < 4.78 is 6.32. The van der Waals surface area contributed by atoms with E-state index < -0.39 is 17.9 Å². The number of carbonyl (C=O) groups excluding carboxylic acids is 1. The first-order valence-corrected chi connectivity index (χ1v) is 6.96. The molecule has 0 saturated heterocycles. The molecule has 0 bridgehead atoms. The molecule has 8 nitrogen and oxygen atoms in total. The molecule has 1 aromatic carbocycles. The molecule has 0 spiro atoms. The molecule has 1 unspecified atom stereocenters. The average Bonchev–Trinajstić information content (AvgIpc) is 2.88. The van der Waals surface area contributed by atoms with Crippen LogP contribution in [0.15, 0.2) is 24.3 Å². The van der Waals surface area contributed by atoms with Crippen LogP contribution in [-0.4, -0.2) is 51.7 Å². The van der Waals surface area contributed by atoms with Crippen molar-refractivity contribution >= 4 is 11.9 Å². The number of aryl methyl sites for hydroxylation is 1. The van der Waals surface area contributed by atoms with E-state index in [4.69, 9.17) is 9.84 Å². The fourth-order valence-electron chi connectivity index (χ4n) is 2.11. The van der Waals surface area contributed by atoms with Gasteiger partial charge in [-0.15, -0.1) is 5.10 Å². The van der Waals surface area contributed by atoms with E-state index >= 15 is 0 Å². The Morgan fingerprint density at radius 2 is 2.13 bits per heavy atom. The van der Waals surface area contributed by atoms with Crippen LogP contribution in [0.4, 0.5) is 0 Å². The third-order valence-corrected chi connectivity index (χ3v) is 3.29. The Balaban J connectivity index is 2.24. The third-order valence-electron chi connectivity index (χ3n) is 3.29. The van der Waals surface area contributed by atoms with Gasteiger partial charge in [-0.3, -0.25) is 4.79 Å². The molecule has 23 heavy (non-hydrogen) atoms. The van der Waals surface area contributed by atoms with Gasteiger partial charge in [0.2, 0.25) is 0 Å². The highest BCUT2D eigenvalue weighted by Gasteiger charge is 2.24. The van der Waals surface area contributed by atoms with Crippen LogP contribution in [0.25, 0.3) is 5.69 Å². The summed E-state index contributed by atoms with van der Waals surface area (Å²) >= 11 is 0. The lowest BCUT2D eigenvalue weighted by molar-refractivity contribution is -0.140. The van der Waals surface area contributed by atoms with E-state index in [1.807, 2.05) is 31.2 Å². The van der Waals surface area contributed by atoms with E-state index in [0.29, 0.717) is 5.69 Å². The number of rotatable bonds is 6. The quantitative estimate of drug-likeness (QED) is 0.812. The molecule has 0 radical (unpaired) electrons. The Labute approximate surface area is 133 Å². The zero-order chi connectivity index (χ0) is 17.0. The number of benzene rings is 1. The number of carbonyl (C=O) groups is 2. The van der Waals surface area contributed by atoms with Crippen LogP contribution in [0, 0.1) is 13.8 Å². The molecule has 0 aliphatic rings. The van der Waals surface area contributed by atoms with Gasteiger partial charge in [0.05, 0.1) is 18.0 Å². The molecule has 2 rings (SSSR count). The number of aromatic nitrogens is 3. The summed E-state index contributed by atoms with van der Waals surface area (Å²) in [6, 6.07) is 6.45. The first-order valence-electron chi connectivity index (χ1n) is 6.96. The zero-order valence-electron chi connectivity index (χ0n) is 13.1. The van der Waals surface area contributed by atoms with Gasteiger partial charge in [-0.05, 0) is 31.5 Å². The predicted molar refractivity (Wildman–Crippen MR) is 81.6 cm³/mol. The highest BCUT2D eigenvalue weighted by molar-refractivity contribution is 5.95. The second-order valence-electron chi connectivity index (χ2n) is 5.09. The van der Waals surface area contributed by atoms with Crippen molar-refractivity contribution in [3.63, 3.8) is 0 Å². The molecule has 0 fully saturated rings. The van der Waals surface area contributed by atoms with Gasteiger partial charge in [0.1, 0.15) is 0 Å². The second-order valence-corrected chi connectivity index (χ2v) is 5.09. The van der Waals surface area contributed by atoms with Crippen molar-refractivity contribution in [3.8, 4) is 5.69 Å². The molecule has 122 valence electrons. The topological polar surface area (TPSA) is 106 Å². The minimum atomic E-state index is -1.18. The van der Waals surface area contributed by atoms with Crippen LogP contribution < -0.4 is 5.32 Å². The number of amides is 1. The standard InChI is InChI=1S/C15H18N4O4/c1-9-5-4-6-11(7-9)19-10(2)13(17-18-19)14(20)16-12(8-23-3)15(21)22/h4-7,12H,8H2,1-3H3,(H,16,20)(H,21,22). The smallest absolute Gasteiger partial charge is 0.328 e. The van der Waals surface area contributed by atoms with E-state index in [-0.39, 0.29) is 12.3 Å². The fraction of sp³-hybridized carbons (Fsp3) is 0.333. The molecule has 0 aliphatic heterocycles. The Kier molecular flexibility index (Phi) is 5.07. The van der Waals surface area contributed by atoms with Crippen LogP contribution in [0.3, 0.4) is 0 Å². The van der Waals surface area contributed by atoms with Crippen molar-refractivity contribution < 1.29 is 19.4 Å². The van der Waals surface area contributed by atoms with Gasteiger partial charge >= 0.3 is 5.97 Å². The molecule has 0 aliphatic carbocycles. The van der Waals surface area contributed by atoms with E-state index in [1.54, 1.807) is 6.92 Å².